The maximum atomic E-state index is 12.2. The zero-order valence-corrected chi connectivity index (χ0v) is 17.1. The molecule has 1 amide bonds. The van der Waals surface area contributed by atoms with Gasteiger partial charge in [-0.25, -0.2) is 10.2 Å². The first-order valence-corrected chi connectivity index (χ1v) is 9.50. The van der Waals surface area contributed by atoms with Crippen molar-refractivity contribution < 1.29 is 24.0 Å². The molecule has 0 fully saturated rings. The molecule has 0 bridgehead atoms. The number of esters is 1. The van der Waals surface area contributed by atoms with Crippen LogP contribution < -0.4 is 14.9 Å². The Hall–Kier alpha value is -4.53. The monoisotopic (exact) mass is 433 g/mol. The number of nitrogens with one attached hydrogen (secondary N) is 1. The van der Waals surface area contributed by atoms with E-state index in [9.17, 15) is 19.7 Å². The van der Waals surface area contributed by atoms with Crippen molar-refractivity contribution in [2.45, 2.75) is 6.92 Å². The summed E-state index contributed by atoms with van der Waals surface area (Å²) in [5.41, 5.74) is 4.01. The second kappa shape index (κ2) is 10.5. The Morgan fingerprint density at radius 3 is 2.44 bits per heavy atom. The van der Waals surface area contributed by atoms with Gasteiger partial charge in [-0.1, -0.05) is 30.3 Å². The van der Waals surface area contributed by atoms with E-state index >= 15 is 0 Å². The molecule has 3 aromatic rings. The quantitative estimate of drug-likeness (QED) is 0.190. The van der Waals surface area contributed by atoms with Crippen LogP contribution in [0.2, 0.25) is 0 Å². The topological polar surface area (TPSA) is 120 Å². The molecular weight excluding hydrogens is 414 g/mol. The molecule has 3 rings (SSSR count). The number of aryl methyl sites for hydroxylation is 1. The minimum absolute atomic E-state index is 0.00698. The summed E-state index contributed by atoms with van der Waals surface area (Å²) >= 11 is 0. The molecule has 0 saturated heterocycles. The first-order chi connectivity index (χ1) is 15.4. The molecule has 0 aromatic heterocycles. The number of carbonyl (C=O) groups is 2. The Morgan fingerprint density at radius 1 is 1.03 bits per heavy atom. The molecule has 0 unspecified atom stereocenters. The second-order valence-corrected chi connectivity index (χ2v) is 6.58. The van der Waals surface area contributed by atoms with Crippen LogP contribution in [0.15, 0.2) is 77.9 Å². The summed E-state index contributed by atoms with van der Waals surface area (Å²) in [6.07, 6.45) is 1.40. The van der Waals surface area contributed by atoms with Gasteiger partial charge in [-0.05, 0) is 54.4 Å². The SMILES string of the molecule is Cc1ccccc1C(=O)Oc1ccc(C=NNC(=O)COc2ccccc2[N+](=O)[O-])cc1. The molecule has 9 nitrogen and oxygen atoms in total. The third kappa shape index (κ3) is 5.99. The van der Waals surface area contributed by atoms with Gasteiger partial charge in [0.1, 0.15) is 5.75 Å². The predicted molar refractivity (Wildman–Crippen MR) is 117 cm³/mol. The maximum Gasteiger partial charge on any atom is 0.343 e. The minimum atomic E-state index is -0.590. The van der Waals surface area contributed by atoms with Crippen LogP contribution in [-0.4, -0.2) is 29.6 Å². The summed E-state index contributed by atoms with van der Waals surface area (Å²) in [6, 6.07) is 19.5. The van der Waals surface area contributed by atoms with Gasteiger partial charge < -0.3 is 9.47 Å². The largest absolute Gasteiger partial charge is 0.477 e. The number of carbonyl (C=O) groups excluding carboxylic acids is 2. The third-order valence-electron chi connectivity index (χ3n) is 4.28. The average Bonchev–Trinajstić information content (AvgIpc) is 2.79. The molecule has 0 heterocycles. The van der Waals surface area contributed by atoms with E-state index < -0.39 is 23.4 Å². The lowest BCUT2D eigenvalue weighted by Gasteiger charge is -2.07. The molecule has 0 aliphatic rings. The summed E-state index contributed by atoms with van der Waals surface area (Å²) in [5, 5.41) is 14.8. The van der Waals surface area contributed by atoms with Crippen molar-refractivity contribution in [3.8, 4) is 11.5 Å². The Labute approximate surface area is 183 Å². The maximum absolute atomic E-state index is 12.2. The molecule has 0 atom stereocenters. The highest BCUT2D eigenvalue weighted by Gasteiger charge is 2.14. The number of nitrogens with zero attached hydrogens (tertiary/aromatic N) is 2. The van der Waals surface area contributed by atoms with Crippen molar-refractivity contribution in [3.63, 3.8) is 0 Å². The number of benzene rings is 3. The van der Waals surface area contributed by atoms with Crippen LogP contribution in [0.4, 0.5) is 5.69 Å². The molecule has 32 heavy (non-hydrogen) atoms. The van der Waals surface area contributed by atoms with E-state index in [0.717, 1.165) is 5.56 Å². The smallest absolute Gasteiger partial charge is 0.343 e. The lowest BCUT2D eigenvalue weighted by Crippen LogP contribution is -2.24. The highest BCUT2D eigenvalue weighted by Crippen LogP contribution is 2.25. The van der Waals surface area contributed by atoms with E-state index in [1.165, 1.54) is 24.4 Å². The Kier molecular flexibility index (Phi) is 7.26. The van der Waals surface area contributed by atoms with Gasteiger partial charge in [0, 0.05) is 6.07 Å². The number of amides is 1. The Bertz CT molecular complexity index is 1160. The highest BCUT2D eigenvalue weighted by molar-refractivity contribution is 5.92. The van der Waals surface area contributed by atoms with E-state index in [1.807, 2.05) is 19.1 Å². The van der Waals surface area contributed by atoms with Crippen molar-refractivity contribution in [3.05, 3.63) is 99.6 Å². The van der Waals surface area contributed by atoms with Crippen molar-refractivity contribution in [2.75, 3.05) is 6.61 Å². The normalized spacial score (nSPS) is 10.5. The number of para-hydroxylation sites is 2. The van der Waals surface area contributed by atoms with Crippen LogP contribution in [0.25, 0.3) is 0 Å². The van der Waals surface area contributed by atoms with Crippen molar-refractivity contribution in [2.24, 2.45) is 5.10 Å². The summed E-state index contributed by atoms with van der Waals surface area (Å²) < 4.78 is 10.5. The van der Waals surface area contributed by atoms with Gasteiger partial charge in [0.25, 0.3) is 5.91 Å². The predicted octanol–water partition coefficient (Wildman–Crippen LogP) is 3.65. The van der Waals surface area contributed by atoms with Crippen LogP contribution in [0.3, 0.4) is 0 Å². The highest BCUT2D eigenvalue weighted by atomic mass is 16.6. The van der Waals surface area contributed by atoms with Gasteiger partial charge in [0.2, 0.25) is 0 Å². The molecule has 0 aliphatic heterocycles. The zero-order valence-electron chi connectivity index (χ0n) is 17.1. The van der Waals surface area contributed by atoms with Crippen LogP contribution >= 0.6 is 0 Å². The van der Waals surface area contributed by atoms with E-state index in [2.05, 4.69) is 10.5 Å². The van der Waals surface area contributed by atoms with E-state index in [-0.39, 0.29) is 11.4 Å². The van der Waals surface area contributed by atoms with Crippen LogP contribution in [0, 0.1) is 17.0 Å². The van der Waals surface area contributed by atoms with Gasteiger partial charge in [-0.2, -0.15) is 5.10 Å². The lowest BCUT2D eigenvalue weighted by atomic mass is 10.1. The standard InChI is InChI=1S/C23H19N3O6/c1-16-6-2-3-7-19(16)23(28)32-18-12-10-17(11-13-18)14-24-25-22(27)15-31-21-9-5-4-8-20(21)26(29)30/h2-14H,15H2,1H3,(H,25,27). The Balaban J connectivity index is 1.49. The van der Waals surface area contributed by atoms with Gasteiger partial charge in [0.15, 0.2) is 12.4 Å². The fraction of sp³-hybridized carbons (Fsp3) is 0.0870. The number of hydrogen-bond donors (Lipinski definition) is 1. The number of hydrazone groups is 1. The average molecular weight is 433 g/mol. The number of nitro benzene ring substituents is 1. The molecule has 0 radical (unpaired) electrons. The Morgan fingerprint density at radius 2 is 1.72 bits per heavy atom. The number of hydrogen-bond acceptors (Lipinski definition) is 7. The number of rotatable bonds is 8. The molecule has 0 saturated carbocycles. The molecular formula is C23H19N3O6. The minimum Gasteiger partial charge on any atom is -0.477 e. The van der Waals surface area contributed by atoms with Crippen molar-refractivity contribution >= 4 is 23.8 Å². The van der Waals surface area contributed by atoms with Gasteiger partial charge in [0.05, 0.1) is 16.7 Å². The van der Waals surface area contributed by atoms with Crippen molar-refractivity contribution in [1.29, 1.82) is 0 Å². The van der Waals surface area contributed by atoms with Crippen LogP contribution in [0.1, 0.15) is 21.5 Å². The molecule has 0 aliphatic carbocycles. The summed E-state index contributed by atoms with van der Waals surface area (Å²) in [7, 11) is 0. The van der Waals surface area contributed by atoms with Gasteiger partial charge in [-0.15, -0.1) is 0 Å². The van der Waals surface area contributed by atoms with Crippen LogP contribution in [0.5, 0.6) is 11.5 Å². The summed E-state index contributed by atoms with van der Waals surface area (Å²) in [5.74, 6) is -0.664. The van der Waals surface area contributed by atoms with E-state index in [4.69, 9.17) is 9.47 Å². The van der Waals surface area contributed by atoms with E-state index in [1.54, 1.807) is 42.5 Å². The summed E-state index contributed by atoms with van der Waals surface area (Å²) in [4.78, 5) is 34.4. The molecule has 3 aromatic carbocycles. The molecule has 1 N–H and O–H groups in total. The first-order valence-electron chi connectivity index (χ1n) is 9.50. The van der Waals surface area contributed by atoms with Gasteiger partial charge in [-0.3, -0.25) is 14.9 Å². The van der Waals surface area contributed by atoms with Gasteiger partial charge >= 0.3 is 11.7 Å². The molecule has 0 spiro atoms. The molecule has 9 heteroatoms. The van der Waals surface area contributed by atoms with Crippen molar-refractivity contribution in [1.82, 2.24) is 5.43 Å². The zero-order chi connectivity index (χ0) is 22.9. The number of nitro groups is 1. The molecule has 162 valence electrons. The second-order valence-electron chi connectivity index (χ2n) is 6.58. The first kappa shape index (κ1) is 22.2. The fourth-order valence-electron chi connectivity index (χ4n) is 2.67. The third-order valence-corrected chi connectivity index (χ3v) is 4.28. The van der Waals surface area contributed by atoms with E-state index in [0.29, 0.717) is 16.9 Å². The lowest BCUT2D eigenvalue weighted by molar-refractivity contribution is -0.385. The summed E-state index contributed by atoms with van der Waals surface area (Å²) in [6.45, 7) is 1.40. The number of ether oxygens (including phenoxy) is 2. The van der Waals surface area contributed by atoms with Crippen LogP contribution in [-0.2, 0) is 4.79 Å². The fourth-order valence-corrected chi connectivity index (χ4v) is 2.67.